The summed E-state index contributed by atoms with van der Waals surface area (Å²) in [5, 5.41) is 17.0. The largest absolute Gasteiger partial charge is 0.364 e. The number of benzene rings is 1. The van der Waals surface area contributed by atoms with Crippen molar-refractivity contribution < 1.29 is 14.2 Å². The molecule has 0 unspecified atom stereocenters. The van der Waals surface area contributed by atoms with Crippen LogP contribution in [0.4, 0.5) is 11.4 Å². The second-order valence-corrected chi connectivity index (χ2v) is 3.81. The van der Waals surface area contributed by atoms with Crippen molar-refractivity contribution in [2.75, 3.05) is 5.43 Å². The maximum atomic E-state index is 12.0. The first-order valence-electron chi connectivity index (χ1n) is 5.54. The molecule has 0 aliphatic carbocycles. The van der Waals surface area contributed by atoms with Crippen LogP contribution in [-0.2, 0) is 6.54 Å². The molecule has 0 aliphatic heterocycles. The number of hydrogen-bond donors (Lipinski definition) is 3. The molecule has 1 amide bonds. The highest BCUT2D eigenvalue weighted by molar-refractivity contribution is 5.99. The molecule has 9 heteroatoms. The normalized spacial score (nSPS) is 10.1. The molecular formula is C11H11N5O4. The SMILES string of the molecule is NNc1ccc([N+](=O)[O-])c(C(=O)NCc2ccon2)c1. The molecule has 0 saturated carbocycles. The van der Waals surface area contributed by atoms with Crippen LogP contribution in [0.1, 0.15) is 16.1 Å². The first-order chi connectivity index (χ1) is 9.61. The van der Waals surface area contributed by atoms with Gasteiger partial charge in [0.2, 0.25) is 0 Å². The van der Waals surface area contributed by atoms with Crippen LogP contribution in [0.5, 0.6) is 0 Å². The second-order valence-electron chi connectivity index (χ2n) is 3.81. The number of carbonyl (C=O) groups is 1. The molecule has 0 saturated heterocycles. The number of anilines is 1. The number of amides is 1. The summed E-state index contributed by atoms with van der Waals surface area (Å²) in [5.41, 5.74) is 2.83. The smallest absolute Gasteiger partial charge is 0.282 e. The van der Waals surface area contributed by atoms with E-state index in [-0.39, 0.29) is 17.8 Å². The minimum atomic E-state index is -0.634. The lowest BCUT2D eigenvalue weighted by atomic mass is 10.1. The summed E-state index contributed by atoms with van der Waals surface area (Å²) in [7, 11) is 0. The maximum Gasteiger partial charge on any atom is 0.282 e. The van der Waals surface area contributed by atoms with Crippen LogP contribution in [0.3, 0.4) is 0 Å². The zero-order valence-corrected chi connectivity index (χ0v) is 10.2. The van der Waals surface area contributed by atoms with E-state index in [1.54, 1.807) is 6.07 Å². The average molecular weight is 277 g/mol. The van der Waals surface area contributed by atoms with Crippen molar-refractivity contribution in [2.24, 2.45) is 5.84 Å². The van der Waals surface area contributed by atoms with Crippen molar-refractivity contribution in [2.45, 2.75) is 6.54 Å². The lowest BCUT2D eigenvalue weighted by Gasteiger charge is -2.06. The Morgan fingerprint density at radius 2 is 2.25 bits per heavy atom. The molecule has 104 valence electrons. The topological polar surface area (TPSA) is 136 Å². The summed E-state index contributed by atoms with van der Waals surface area (Å²) in [6, 6.07) is 5.50. The summed E-state index contributed by atoms with van der Waals surface area (Å²) in [5.74, 6) is 4.62. The zero-order valence-electron chi connectivity index (χ0n) is 10.2. The monoisotopic (exact) mass is 277 g/mol. The van der Waals surface area contributed by atoms with E-state index in [0.717, 1.165) is 0 Å². The van der Waals surface area contributed by atoms with Gasteiger partial charge in [-0.3, -0.25) is 20.8 Å². The number of hydrogen-bond acceptors (Lipinski definition) is 7. The van der Waals surface area contributed by atoms with Crippen molar-refractivity contribution in [3.63, 3.8) is 0 Å². The molecule has 4 N–H and O–H groups in total. The van der Waals surface area contributed by atoms with Gasteiger partial charge in [-0.2, -0.15) is 0 Å². The Morgan fingerprint density at radius 1 is 1.45 bits per heavy atom. The van der Waals surface area contributed by atoms with Gasteiger partial charge in [0.1, 0.15) is 17.5 Å². The third kappa shape index (κ3) is 2.90. The molecule has 1 aromatic heterocycles. The van der Waals surface area contributed by atoms with Gasteiger partial charge in [0.25, 0.3) is 11.6 Å². The van der Waals surface area contributed by atoms with E-state index in [2.05, 4.69) is 20.4 Å². The average Bonchev–Trinajstić information content (AvgIpc) is 2.97. The third-order valence-corrected chi connectivity index (χ3v) is 2.53. The minimum absolute atomic E-state index is 0.0889. The predicted molar refractivity (Wildman–Crippen MR) is 68.6 cm³/mol. The molecule has 20 heavy (non-hydrogen) atoms. The molecular weight excluding hydrogens is 266 g/mol. The van der Waals surface area contributed by atoms with Crippen LogP contribution in [-0.4, -0.2) is 16.0 Å². The van der Waals surface area contributed by atoms with Crippen molar-refractivity contribution in [3.05, 3.63) is 51.9 Å². The molecule has 0 aliphatic rings. The Bertz CT molecular complexity index is 626. The second kappa shape index (κ2) is 5.80. The fourth-order valence-corrected chi connectivity index (χ4v) is 1.56. The van der Waals surface area contributed by atoms with Gasteiger partial charge in [-0.15, -0.1) is 0 Å². The number of nitro benzene ring substituents is 1. The van der Waals surface area contributed by atoms with E-state index in [1.165, 1.54) is 24.5 Å². The summed E-state index contributed by atoms with van der Waals surface area (Å²) >= 11 is 0. The molecule has 2 rings (SSSR count). The summed E-state index contributed by atoms with van der Waals surface area (Å²) in [6.07, 6.45) is 1.36. The highest BCUT2D eigenvalue weighted by atomic mass is 16.6. The van der Waals surface area contributed by atoms with Crippen LogP contribution in [0, 0.1) is 10.1 Å². The van der Waals surface area contributed by atoms with Crippen LogP contribution < -0.4 is 16.6 Å². The lowest BCUT2D eigenvalue weighted by Crippen LogP contribution is -2.24. The first-order valence-corrected chi connectivity index (χ1v) is 5.54. The lowest BCUT2D eigenvalue weighted by molar-refractivity contribution is -0.385. The number of rotatable bonds is 5. The van der Waals surface area contributed by atoms with E-state index in [1.807, 2.05) is 0 Å². The van der Waals surface area contributed by atoms with Crippen molar-refractivity contribution in [1.29, 1.82) is 0 Å². The molecule has 0 fully saturated rings. The van der Waals surface area contributed by atoms with Crippen LogP contribution in [0.25, 0.3) is 0 Å². The molecule has 0 bridgehead atoms. The van der Waals surface area contributed by atoms with Gasteiger partial charge in [-0.25, -0.2) is 0 Å². The van der Waals surface area contributed by atoms with Gasteiger partial charge in [0, 0.05) is 17.8 Å². The highest BCUT2D eigenvalue weighted by Crippen LogP contribution is 2.22. The van der Waals surface area contributed by atoms with Crippen LogP contribution >= 0.6 is 0 Å². The Kier molecular flexibility index (Phi) is 3.91. The number of nitrogens with two attached hydrogens (primary N) is 1. The van der Waals surface area contributed by atoms with Gasteiger partial charge >= 0.3 is 0 Å². The van der Waals surface area contributed by atoms with Crippen molar-refractivity contribution >= 4 is 17.3 Å². The zero-order chi connectivity index (χ0) is 14.5. The van der Waals surface area contributed by atoms with E-state index in [9.17, 15) is 14.9 Å². The number of aromatic nitrogens is 1. The molecule has 0 radical (unpaired) electrons. The molecule has 2 aromatic rings. The number of nitro groups is 1. The predicted octanol–water partition coefficient (Wildman–Crippen LogP) is 0.798. The Morgan fingerprint density at radius 3 is 2.85 bits per heavy atom. The van der Waals surface area contributed by atoms with Gasteiger partial charge in [0.15, 0.2) is 0 Å². The van der Waals surface area contributed by atoms with Gasteiger partial charge in [-0.05, 0) is 12.1 Å². The molecule has 1 aromatic carbocycles. The Labute approximate surface area is 112 Å². The van der Waals surface area contributed by atoms with Gasteiger partial charge < -0.3 is 15.3 Å². The van der Waals surface area contributed by atoms with E-state index in [0.29, 0.717) is 11.4 Å². The molecule has 1 heterocycles. The standard InChI is InChI=1S/C11H11N5O4/c12-14-7-1-2-10(16(18)19)9(5-7)11(17)13-6-8-3-4-20-15-8/h1-5,14H,6,12H2,(H,13,17). The summed E-state index contributed by atoms with van der Waals surface area (Å²) in [6.45, 7) is 0.104. The van der Waals surface area contributed by atoms with Crippen LogP contribution in [0.2, 0.25) is 0 Å². The Hall–Kier alpha value is -2.94. The maximum absolute atomic E-state index is 12.0. The fourth-order valence-electron chi connectivity index (χ4n) is 1.56. The summed E-state index contributed by atoms with van der Waals surface area (Å²) < 4.78 is 4.61. The summed E-state index contributed by atoms with van der Waals surface area (Å²) in [4.78, 5) is 22.3. The molecule has 0 spiro atoms. The molecule has 0 atom stereocenters. The quantitative estimate of drug-likeness (QED) is 0.417. The van der Waals surface area contributed by atoms with Gasteiger partial charge in [-0.1, -0.05) is 5.16 Å². The number of hydrazine groups is 1. The fraction of sp³-hybridized carbons (Fsp3) is 0.0909. The van der Waals surface area contributed by atoms with E-state index >= 15 is 0 Å². The minimum Gasteiger partial charge on any atom is -0.364 e. The number of nitrogens with zero attached hydrogens (tertiary/aromatic N) is 2. The first kappa shape index (κ1) is 13.5. The number of carbonyl (C=O) groups excluding carboxylic acids is 1. The van der Waals surface area contributed by atoms with E-state index < -0.39 is 10.8 Å². The van der Waals surface area contributed by atoms with Crippen LogP contribution in [0.15, 0.2) is 35.1 Å². The number of nitrogen functional groups attached to an aromatic ring is 1. The highest BCUT2D eigenvalue weighted by Gasteiger charge is 2.20. The third-order valence-electron chi connectivity index (χ3n) is 2.53. The molecule has 9 nitrogen and oxygen atoms in total. The van der Waals surface area contributed by atoms with Gasteiger partial charge in [0.05, 0.1) is 11.5 Å². The van der Waals surface area contributed by atoms with E-state index in [4.69, 9.17) is 5.84 Å². The van der Waals surface area contributed by atoms with Crippen molar-refractivity contribution in [3.8, 4) is 0 Å². The number of nitrogens with one attached hydrogen (secondary N) is 2. The Balaban J connectivity index is 2.20. The van der Waals surface area contributed by atoms with Crippen molar-refractivity contribution in [1.82, 2.24) is 10.5 Å².